The highest BCUT2D eigenvalue weighted by Crippen LogP contribution is 2.35. The number of nitrogens with zero attached hydrogens (tertiary/aromatic N) is 2. The van der Waals surface area contributed by atoms with Crippen LogP contribution in [0.2, 0.25) is 5.02 Å². The lowest BCUT2D eigenvalue weighted by Gasteiger charge is -2.19. The third kappa shape index (κ3) is 6.36. The smallest absolute Gasteiger partial charge is 0.234 e. The third-order valence-corrected chi connectivity index (χ3v) is 7.22. The van der Waals surface area contributed by atoms with E-state index in [2.05, 4.69) is 44.3 Å². The Bertz CT molecular complexity index is 1490. The summed E-state index contributed by atoms with van der Waals surface area (Å²) in [5.74, 6) is 0.302. The van der Waals surface area contributed by atoms with E-state index in [-0.39, 0.29) is 17.1 Å². The number of methoxy groups -OCH3 is 1. The van der Waals surface area contributed by atoms with E-state index in [1.165, 1.54) is 24.4 Å². The highest BCUT2D eigenvalue weighted by atomic mass is 35.5. The van der Waals surface area contributed by atoms with E-state index in [0.717, 1.165) is 22.4 Å². The lowest BCUT2D eigenvalue weighted by molar-refractivity contribution is -0.113. The highest BCUT2D eigenvalue weighted by molar-refractivity contribution is 8.00. The fraction of sp³-hybridized carbons (Fsp3) is 0.194. The van der Waals surface area contributed by atoms with Crippen LogP contribution in [0.1, 0.15) is 31.9 Å². The van der Waals surface area contributed by atoms with Crippen LogP contribution < -0.4 is 10.1 Å². The van der Waals surface area contributed by atoms with E-state index in [9.17, 15) is 10.1 Å². The fourth-order valence-electron chi connectivity index (χ4n) is 3.97. The first-order valence-electron chi connectivity index (χ1n) is 12.1. The Kier molecular flexibility index (Phi) is 8.41. The monoisotopic (exact) mass is 541 g/mol. The first-order valence-corrected chi connectivity index (χ1v) is 13.4. The van der Waals surface area contributed by atoms with Gasteiger partial charge in [0.2, 0.25) is 5.91 Å². The zero-order valence-electron chi connectivity index (χ0n) is 21.7. The molecule has 1 amide bonds. The summed E-state index contributed by atoms with van der Waals surface area (Å²) in [7, 11) is 1.53. The minimum atomic E-state index is -0.262. The lowest BCUT2D eigenvalue weighted by atomic mass is 9.86. The number of hydrogen-bond donors (Lipinski definition) is 1. The molecule has 38 heavy (non-hydrogen) atoms. The Labute approximate surface area is 232 Å². The summed E-state index contributed by atoms with van der Waals surface area (Å²) in [5.41, 5.74) is 5.51. The first-order chi connectivity index (χ1) is 18.2. The number of thioether (sulfide) groups is 1. The number of benzene rings is 3. The minimum absolute atomic E-state index is 0.0179. The van der Waals surface area contributed by atoms with Crippen molar-refractivity contribution in [2.24, 2.45) is 0 Å². The third-order valence-electron chi connectivity index (χ3n) is 6.01. The second kappa shape index (κ2) is 11.7. The number of aromatic nitrogens is 1. The van der Waals surface area contributed by atoms with Gasteiger partial charge < -0.3 is 10.1 Å². The number of rotatable bonds is 7. The van der Waals surface area contributed by atoms with Crippen LogP contribution in [-0.2, 0) is 10.2 Å². The van der Waals surface area contributed by atoms with Gasteiger partial charge in [0, 0.05) is 16.1 Å². The molecule has 0 aliphatic rings. The first kappa shape index (κ1) is 27.3. The Morgan fingerprint density at radius 2 is 1.74 bits per heavy atom. The van der Waals surface area contributed by atoms with Crippen molar-refractivity contribution in [3.05, 3.63) is 95.0 Å². The summed E-state index contributed by atoms with van der Waals surface area (Å²) in [4.78, 5) is 17.7. The molecule has 0 bridgehead atoms. The molecular weight excluding hydrogens is 514 g/mol. The summed E-state index contributed by atoms with van der Waals surface area (Å²) in [6.45, 7) is 6.50. The lowest BCUT2D eigenvalue weighted by Crippen LogP contribution is -2.15. The van der Waals surface area contributed by atoms with Gasteiger partial charge in [-0.1, -0.05) is 98.7 Å². The maximum atomic E-state index is 12.9. The molecular formula is C31H28ClN3O2S. The van der Waals surface area contributed by atoms with Crippen LogP contribution >= 0.6 is 23.4 Å². The van der Waals surface area contributed by atoms with Gasteiger partial charge in [0.15, 0.2) is 0 Å². The Hall–Kier alpha value is -3.79. The van der Waals surface area contributed by atoms with Gasteiger partial charge in [0.05, 0.1) is 29.8 Å². The molecule has 7 heteroatoms. The van der Waals surface area contributed by atoms with Crippen LogP contribution in [0.5, 0.6) is 5.75 Å². The van der Waals surface area contributed by atoms with Gasteiger partial charge in [0.1, 0.15) is 16.8 Å². The van der Waals surface area contributed by atoms with E-state index >= 15 is 0 Å². The molecule has 0 unspecified atom stereocenters. The number of halogens is 1. The summed E-state index contributed by atoms with van der Waals surface area (Å²) in [6, 6.07) is 27.4. The number of carbonyl (C=O) groups is 1. The molecule has 1 heterocycles. The predicted octanol–water partition coefficient (Wildman–Crippen LogP) is 7.98. The average molecular weight is 542 g/mol. The molecule has 4 rings (SSSR count). The predicted molar refractivity (Wildman–Crippen MR) is 156 cm³/mol. The number of nitrogens with one attached hydrogen (secondary N) is 1. The van der Waals surface area contributed by atoms with Gasteiger partial charge in [-0.25, -0.2) is 4.98 Å². The van der Waals surface area contributed by atoms with Gasteiger partial charge in [-0.15, -0.1) is 0 Å². The van der Waals surface area contributed by atoms with Crippen molar-refractivity contribution in [2.45, 2.75) is 31.2 Å². The molecule has 4 aromatic rings. The Balaban J connectivity index is 1.69. The zero-order chi connectivity index (χ0) is 27.3. The molecule has 0 aliphatic carbocycles. The molecule has 0 saturated heterocycles. The average Bonchev–Trinajstić information content (AvgIpc) is 2.91. The molecule has 0 saturated carbocycles. The van der Waals surface area contributed by atoms with E-state index in [1.54, 1.807) is 18.2 Å². The number of anilines is 1. The van der Waals surface area contributed by atoms with Crippen molar-refractivity contribution in [1.82, 2.24) is 4.98 Å². The number of carbonyl (C=O) groups excluding carboxylic acids is 1. The number of ether oxygens (including phenoxy) is 1. The largest absolute Gasteiger partial charge is 0.495 e. The van der Waals surface area contributed by atoms with Crippen LogP contribution in [0.15, 0.2) is 83.9 Å². The standard InChI is InChI=1S/C31H28ClN3O2S/c1-31(2,3)22-12-10-20(11-13-22)24-17-26(21-8-6-5-7-9-21)35-30(25(24)18-33)38-19-29(36)34-27-16-23(32)14-15-28(27)37-4/h5-17H,19H2,1-4H3,(H,34,36). The number of nitriles is 1. The van der Waals surface area contributed by atoms with Crippen molar-refractivity contribution < 1.29 is 9.53 Å². The molecule has 5 nitrogen and oxygen atoms in total. The van der Waals surface area contributed by atoms with Gasteiger partial charge in [-0.05, 0) is 40.8 Å². The van der Waals surface area contributed by atoms with Gasteiger partial charge in [-0.3, -0.25) is 4.79 Å². The highest BCUT2D eigenvalue weighted by Gasteiger charge is 2.19. The Morgan fingerprint density at radius 1 is 1.03 bits per heavy atom. The second-order valence-corrected chi connectivity index (χ2v) is 11.1. The summed E-state index contributed by atoms with van der Waals surface area (Å²) >= 11 is 7.32. The van der Waals surface area contributed by atoms with Gasteiger partial charge >= 0.3 is 0 Å². The van der Waals surface area contributed by atoms with Crippen molar-refractivity contribution in [3.8, 4) is 34.2 Å². The van der Waals surface area contributed by atoms with Crippen LogP contribution in [0.3, 0.4) is 0 Å². The molecule has 0 radical (unpaired) electrons. The van der Waals surface area contributed by atoms with Gasteiger partial charge in [-0.2, -0.15) is 5.26 Å². The van der Waals surface area contributed by atoms with E-state index in [0.29, 0.717) is 27.0 Å². The van der Waals surface area contributed by atoms with Crippen LogP contribution in [-0.4, -0.2) is 23.8 Å². The molecule has 0 atom stereocenters. The number of amides is 1. The van der Waals surface area contributed by atoms with Crippen molar-refractivity contribution >= 4 is 35.0 Å². The SMILES string of the molecule is COc1ccc(Cl)cc1NC(=O)CSc1nc(-c2ccccc2)cc(-c2ccc(C(C)(C)C)cc2)c1C#N. The van der Waals surface area contributed by atoms with Crippen molar-refractivity contribution in [3.63, 3.8) is 0 Å². The summed E-state index contributed by atoms with van der Waals surface area (Å²) < 4.78 is 5.32. The van der Waals surface area contributed by atoms with Crippen LogP contribution in [0.4, 0.5) is 5.69 Å². The number of pyridine rings is 1. The summed E-state index contributed by atoms with van der Waals surface area (Å²) in [6.07, 6.45) is 0. The molecule has 0 fully saturated rings. The van der Waals surface area contributed by atoms with E-state index in [1.807, 2.05) is 48.5 Å². The molecule has 0 aliphatic heterocycles. The maximum Gasteiger partial charge on any atom is 0.234 e. The molecule has 0 spiro atoms. The fourth-order valence-corrected chi connectivity index (χ4v) is 4.94. The van der Waals surface area contributed by atoms with E-state index < -0.39 is 0 Å². The maximum absolute atomic E-state index is 12.9. The van der Waals surface area contributed by atoms with Crippen molar-refractivity contribution in [1.29, 1.82) is 5.26 Å². The quantitative estimate of drug-likeness (QED) is 0.240. The Morgan fingerprint density at radius 3 is 2.37 bits per heavy atom. The van der Waals surface area contributed by atoms with Crippen LogP contribution in [0, 0.1) is 11.3 Å². The topological polar surface area (TPSA) is 75.0 Å². The zero-order valence-corrected chi connectivity index (χ0v) is 23.3. The minimum Gasteiger partial charge on any atom is -0.495 e. The van der Waals surface area contributed by atoms with E-state index in [4.69, 9.17) is 21.3 Å². The summed E-state index contributed by atoms with van der Waals surface area (Å²) in [5, 5.41) is 14.0. The number of hydrogen-bond acceptors (Lipinski definition) is 5. The molecule has 192 valence electrons. The molecule has 1 aromatic heterocycles. The normalized spacial score (nSPS) is 11.1. The molecule has 3 aromatic carbocycles. The van der Waals surface area contributed by atoms with Crippen molar-refractivity contribution in [2.75, 3.05) is 18.2 Å². The molecule has 1 N–H and O–H groups in total. The second-order valence-electron chi connectivity index (χ2n) is 9.72. The van der Waals surface area contributed by atoms with Gasteiger partial charge in [0.25, 0.3) is 0 Å². The van der Waals surface area contributed by atoms with Crippen LogP contribution in [0.25, 0.3) is 22.4 Å².